The van der Waals surface area contributed by atoms with Crippen LogP contribution in [-0.4, -0.2) is 53.3 Å². The number of piperazine rings is 1. The Morgan fingerprint density at radius 1 is 0.971 bits per heavy atom. The molecule has 2 fully saturated rings. The topological polar surface area (TPSA) is 52.7 Å². The number of halogens is 1. The molecule has 1 atom stereocenters. The molecule has 2 saturated heterocycles. The van der Waals surface area contributed by atoms with Crippen LogP contribution in [0.5, 0.6) is 0 Å². The van der Waals surface area contributed by atoms with Crippen molar-refractivity contribution in [1.82, 2.24) is 15.1 Å². The molecule has 2 heterocycles. The molecule has 2 aliphatic rings. The molecular weight excluding hydrogens is 441 g/mol. The largest absolute Gasteiger partial charge is 0.350 e. The van der Waals surface area contributed by atoms with E-state index in [-0.39, 0.29) is 23.2 Å². The van der Waals surface area contributed by atoms with Crippen molar-refractivity contribution < 1.29 is 14.0 Å². The highest BCUT2D eigenvalue weighted by Crippen LogP contribution is 2.32. The predicted octanol–water partition coefficient (Wildman–Crippen LogP) is 4.29. The van der Waals surface area contributed by atoms with E-state index >= 15 is 0 Å². The fraction of sp³-hybridized carbons (Fsp3) is 0.379. The summed E-state index contributed by atoms with van der Waals surface area (Å²) in [5, 5.41) is 5.63. The lowest BCUT2D eigenvalue weighted by atomic mass is 9.83. The van der Waals surface area contributed by atoms with Gasteiger partial charge < -0.3 is 10.2 Å². The number of rotatable bonds is 7. The van der Waals surface area contributed by atoms with Gasteiger partial charge in [-0.3, -0.25) is 14.5 Å². The van der Waals surface area contributed by atoms with E-state index in [9.17, 15) is 14.0 Å². The quantitative estimate of drug-likeness (QED) is 0.557. The van der Waals surface area contributed by atoms with Crippen molar-refractivity contribution in [3.05, 3.63) is 83.7 Å². The Hall–Kier alpha value is -3.25. The molecule has 5 rings (SSSR count). The number of nitrogens with one attached hydrogen (secondary N) is 1. The van der Waals surface area contributed by atoms with Crippen molar-refractivity contribution in [2.45, 2.75) is 44.2 Å². The highest BCUT2D eigenvalue weighted by atomic mass is 19.1. The first-order valence-electron chi connectivity index (χ1n) is 12.5. The molecule has 3 aromatic rings. The van der Waals surface area contributed by atoms with Gasteiger partial charge in [0.15, 0.2) is 0 Å². The Morgan fingerprint density at radius 2 is 1.74 bits per heavy atom. The standard InChI is InChI=1S/C29H32FN3O2/c30-25-9-3-5-22(19-25)21-32-15-17-33(18-16-32)28(35)12-14-29(13-11-27(34)31-29)20-24-8-4-7-23-6-1-2-10-26(23)24/h1-10,19H,11-18,20-21H2,(H,31,34). The van der Waals surface area contributed by atoms with Gasteiger partial charge in [-0.25, -0.2) is 4.39 Å². The van der Waals surface area contributed by atoms with E-state index in [1.165, 1.54) is 22.4 Å². The third-order valence-electron chi connectivity index (χ3n) is 7.48. The van der Waals surface area contributed by atoms with Crippen LogP contribution < -0.4 is 5.32 Å². The van der Waals surface area contributed by atoms with Gasteiger partial charge in [-0.15, -0.1) is 0 Å². The van der Waals surface area contributed by atoms with E-state index in [2.05, 4.69) is 40.5 Å². The van der Waals surface area contributed by atoms with Gasteiger partial charge in [0.05, 0.1) is 0 Å². The van der Waals surface area contributed by atoms with Crippen molar-refractivity contribution in [2.75, 3.05) is 26.2 Å². The van der Waals surface area contributed by atoms with Crippen molar-refractivity contribution in [3.8, 4) is 0 Å². The van der Waals surface area contributed by atoms with Crippen LogP contribution in [0.4, 0.5) is 4.39 Å². The summed E-state index contributed by atoms with van der Waals surface area (Å²) in [6, 6.07) is 21.3. The summed E-state index contributed by atoms with van der Waals surface area (Å²) in [6.07, 6.45) is 3.06. The fourth-order valence-corrected chi connectivity index (χ4v) is 5.55. The van der Waals surface area contributed by atoms with Crippen LogP contribution in [0.2, 0.25) is 0 Å². The lowest BCUT2D eigenvalue weighted by Gasteiger charge is -2.36. The lowest BCUT2D eigenvalue weighted by molar-refractivity contribution is -0.133. The van der Waals surface area contributed by atoms with Crippen molar-refractivity contribution in [2.24, 2.45) is 0 Å². The minimum Gasteiger partial charge on any atom is -0.350 e. The van der Waals surface area contributed by atoms with Crippen molar-refractivity contribution >= 4 is 22.6 Å². The monoisotopic (exact) mass is 473 g/mol. The summed E-state index contributed by atoms with van der Waals surface area (Å²) >= 11 is 0. The highest BCUT2D eigenvalue weighted by Gasteiger charge is 2.38. The molecule has 0 aliphatic carbocycles. The number of carbonyl (C=O) groups is 2. The van der Waals surface area contributed by atoms with Crippen LogP contribution in [0.1, 0.15) is 36.8 Å². The van der Waals surface area contributed by atoms with E-state index in [0.29, 0.717) is 38.9 Å². The van der Waals surface area contributed by atoms with E-state index in [4.69, 9.17) is 0 Å². The van der Waals surface area contributed by atoms with Gasteiger partial charge in [-0.2, -0.15) is 0 Å². The molecule has 182 valence electrons. The zero-order valence-corrected chi connectivity index (χ0v) is 20.0. The summed E-state index contributed by atoms with van der Waals surface area (Å²) < 4.78 is 13.5. The van der Waals surface area contributed by atoms with Crippen LogP contribution in [0.3, 0.4) is 0 Å². The summed E-state index contributed by atoms with van der Waals surface area (Å²) in [5.74, 6) is 0.00486. The molecule has 0 bridgehead atoms. The van der Waals surface area contributed by atoms with E-state index < -0.39 is 0 Å². The van der Waals surface area contributed by atoms with E-state index in [1.807, 2.05) is 23.1 Å². The van der Waals surface area contributed by atoms with Crippen molar-refractivity contribution in [1.29, 1.82) is 0 Å². The average Bonchev–Trinajstić information content (AvgIpc) is 3.24. The second-order valence-corrected chi connectivity index (χ2v) is 9.93. The molecule has 0 spiro atoms. The normalized spacial score (nSPS) is 20.8. The molecule has 0 saturated carbocycles. The molecule has 35 heavy (non-hydrogen) atoms. The van der Waals surface area contributed by atoms with Crippen LogP contribution in [0.15, 0.2) is 66.7 Å². The van der Waals surface area contributed by atoms with E-state index in [1.54, 1.807) is 12.1 Å². The summed E-state index contributed by atoms with van der Waals surface area (Å²) in [7, 11) is 0. The molecule has 2 amide bonds. The number of benzene rings is 3. The maximum Gasteiger partial charge on any atom is 0.222 e. The molecule has 1 N–H and O–H groups in total. The minimum absolute atomic E-state index is 0.0728. The van der Waals surface area contributed by atoms with Gasteiger partial charge in [0.25, 0.3) is 0 Å². The summed E-state index contributed by atoms with van der Waals surface area (Å²) in [5.41, 5.74) is 1.79. The minimum atomic E-state index is -0.379. The Kier molecular flexibility index (Phi) is 6.82. The first-order valence-corrected chi connectivity index (χ1v) is 12.5. The Bertz CT molecular complexity index is 1220. The second kappa shape index (κ2) is 10.2. The third-order valence-corrected chi connectivity index (χ3v) is 7.48. The molecule has 2 aliphatic heterocycles. The number of hydrogen-bond acceptors (Lipinski definition) is 3. The molecule has 0 radical (unpaired) electrons. The zero-order chi connectivity index (χ0) is 24.3. The highest BCUT2D eigenvalue weighted by molar-refractivity contribution is 5.86. The number of fused-ring (bicyclic) bond motifs is 1. The number of amides is 2. The van der Waals surface area contributed by atoms with Crippen LogP contribution in [-0.2, 0) is 22.6 Å². The first kappa shape index (κ1) is 23.5. The second-order valence-electron chi connectivity index (χ2n) is 9.93. The van der Waals surface area contributed by atoms with Crippen LogP contribution in [0.25, 0.3) is 10.8 Å². The molecule has 6 heteroatoms. The lowest BCUT2D eigenvalue weighted by Crippen LogP contribution is -2.49. The van der Waals surface area contributed by atoms with Gasteiger partial charge >= 0.3 is 0 Å². The van der Waals surface area contributed by atoms with Crippen LogP contribution in [0, 0.1) is 5.82 Å². The predicted molar refractivity (Wildman–Crippen MR) is 135 cm³/mol. The SMILES string of the molecule is O=C1CCC(CCC(=O)N2CCN(Cc3cccc(F)c3)CC2)(Cc2cccc3ccccc23)N1. The first-order chi connectivity index (χ1) is 17.0. The van der Waals surface area contributed by atoms with E-state index in [0.717, 1.165) is 31.5 Å². The zero-order valence-electron chi connectivity index (χ0n) is 20.0. The smallest absolute Gasteiger partial charge is 0.222 e. The Labute approximate surface area is 205 Å². The van der Waals surface area contributed by atoms with Gasteiger partial charge in [0.1, 0.15) is 5.82 Å². The molecule has 3 aromatic carbocycles. The van der Waals surface area contributed by atoms with Gasteiger partial charge in [-0.05, 0) is 53.3 Å². The Balaban J connectivity index is 1.19. The number of nitrogens with zero attached hydrogens (tertiary/aromatic N) is 2. The molecule has 1 unspecified atom stereocenters. The fourth-order valence-electron chi connectivity index (χ4n) is 5.55. The average molecular weight is 474 g/mol. The molecule has 0 aromatic heterocycles. The number of carbonyl (C=O) groups excluding carboxylic acids is 2. The number of hydrogen-bond donors (Lipinski definition) is 1. The maximum absolute atomic E-state index is 13.5. The molecule has 5 nitrogen and oxygen atoms in total. The van der Waals surface area contributed by atoms with Crippen LogP contribution >= 0.6 is 0 Å². The van der Waals surface area contributed by atoms with Gasteiger partial charge in [0, 0.05) is 51.1 Å². The van der Waals surface area contributed by atoms with Gasteiger partial charge in [-0.1, -0.05) is 54.6 Å². The molecular formula is C29H32FN3O2. The van der Waals surface area contributed by atoms with Crippen molar-refractivity contribution in [3.63, 3.8) is 0 Å². The Morgan fingerprint density at radius 3 is 2.51 bits per heavy atom. The summed E-state index contributed by atoms with van der Waals surface area (Å²) in [4.78, 5) is 29.5. The third kappa shape index (κ3) is 5.54. The summed E-state index contributed by atoms with van der Waals surface area (Å²) in [6.45, 7) is 3.61. The maximum atomic E-state index is 13.5. The van der Waals surface area contributed by atoms with Gasteiger partial charge in [0.2, 0.25) is 11.8 Å².